The fraction of sp³-hybridized carbons (Fsp3) is 0.478. The molecule has 0 saturated carbocycles. The average molecular weight is 384 g/mol. The summed E-state index contributed by atoms with van der Waals surface area (Å²) in [7, 11) is 0. The van der Waals surface area contributed by atoms with Gasteiger partial charge in [-0.2, -0.15) is 0 Å². The van der Waals surface area contributed by atoms with Crippen molar-refractivity contribution in [3.05, 3.63) is 65.7 Å². The zero-order valence-corrected chi connectivity index (χ0v) is 16.9. The van der Waals surface area contributed by atoms with Crippen LogP contribution in [0.5, 0.6) is 0 Å². The Morgan fingerprint density at radius 2 is 1.96 bits per heavy atom. The van der Waals surface area contributed by atoms with Crippen molar-refractivity contribution in [2.75, 3.05) is 19.6 Å². The highest BCUT2D eigenvalue weighted by atomic mass is 19.1. The lowest BCUT2D eigenvalue weighted by Gasteiger charge is -2.34. The first-order chi connectivity index (χ1) is 13.5. The Labute approximate surface area is 167 Å². The molecule has 3 rings (SSSR count). The molecule has 0 N–H and O–H groups in total. The van der Waals surface area contributed by atoms with E-state index in [1.165, 1.54) is 12.1 Å². The van der Waals surface area contributed by atoms with Crippen molar-refractivity contribution in [1.82, 2.24) is 14.8 Å². The predicted octanol–water partition coefficient (Wildman–Crippen LogP) is 3.91. The van der Waals surface area contributed by atoms with Crippen molar-refractivity contribution in [3.63, 3.8) is 0 Å². The highest BCUT2D eigenvalue weighted by Crippen LogP contribution is 2.21. The van der Waals surface area contributed by atoms with Crippen molar-refractivity contribution in [2.24, 2.45) is 5.92 Å². The number of carbonyl (C=O) groups excluding carboxylic acids is 1. The van der Waals surface area contributed by atoms with E-state index in [0.29, 0.717) is 18.4 Å². The van der Waals surface area contributed by atoms with Gasteiger partial charge in [0, 0.05) is 51.0 Å². The van der Waals surface area contributed by atoms with Gasteiger partial charge in [-0.15, -0.1) is 0 Å². The van der Waals surface area contributed by atoms with Crippen molar-refractivity contribution in [3.8, 4) is 0 Å². The maximum absolute atomic E-state index is 13.2. The lowest BCUT2D eigenvalue weighted by Crippen LogP contribution is -2.45. The maximum Gasteiger partial charge on any atom is 0.222 e. The second kappa shape index (κ2) is 9.78. The summed E-state index contributed by atoms with van der Waals surface area (Å²) in [5.41, 5.74) is 2.22. The van der Waals surface area contributed by atoms with Crippen LogP contribution in [0.3, 0.4) is 0 Å². The Hall–Kier alpha value is -2.27. The summed E-state index contributed by atoms with van der Waals surface area (Å²) in [5.74, 6) is 0.454. The molecule has 150 valence electrons. The number of hydrogen-bond donors (Lipinski definition) is 0. The van der Waals surface area contributed by atoms with Crippen LogP contribution >= 0.6 is 0 Å². The normalized spacial score (nSPS) is 18.3. The van der Waals surface area contributed by atoms with E-state index < -0.39 is 0 Å². The molecule has 1 aromatic carbocycles. The topological polar surface area (TPSA) is 36.4 Å². The molecule has 1 atom stereocenters. The molecule has 1 fully saturated rings. The van der Waals surface area contributed by atoms with E-state index in [1.807, 2.05) is 35.4 Å². The summed E-state index contributed by atoms with van der Waals surface area (Å²) in [6, 6.07) is 11.0. The number of halogens is 1. The third-order valence-corrected chi connectivity index (χ3v) is 5.52. The lowest BCUT2D eigenvalue weighted by atomic mass is 10.0. The number of pyridine rings is 1. The van der Waals surface area contributed by atoms with Gasteiger partial charge < -0.3 is 4.90 Å². The molecule has 28 heavy (non-hydrogen) atoms. The van der Waals surface area contributed by atoms with Crippen LogP contribution in [0, 0.1) is 11.7 Å². The third kappa shape index (κ3) is 5.61. The summed E-state index contributed by atoms with van der Waals surface area (Å²) in [5, 5.41) is 0. The van der Waals surface area contributed by atoms with Crippen LogP contribution in [0.2, 0.25) is 0 Å². The Kier molecular flexibility index (Phi) is 7.15. The second-order valence-corrected chi connectivity index (χ2v) is 7.96. The van der Waals surface area contributed by atoms with E-state index in [9.17, 15) is 9.18 Å². The van der Waals surface area contributed by atoms with Gasteiger partial charge in [-0.3, -0.25) is 14.7 Å². The SMILES string of the molecule is CC(C)C1CN(C(=O)CCc2cccnc2)CCCN1Cc1ccc(F)cc1. The molecule has 1 amide bonds. The maximum atomic E-state index is 13.2. The van der Waals surface area contributed by atoms with Crippen LogP contribution in [0.1, 0.15) is 37.8 Å². The molecule has 1 aliphatic rings. The van der Waals surface area contributed by atoms with Gasteiger partial charge in [-0.1, -0.05) is 32.0 Å². The number of hydrogen-bond acceptors (Lipinski definition) is 3. The number of aromatic nitrogens is 1. The average Bonchev–Trinajstić information content (AvgIpc) is 2.91. The minimum atomic E-state index is -0.203. The minimum absolute atomic E-state index is 0.203. The van der Waals surface area contributed by atoms with E-state index >= 15 is 0 Å². The van der Waals surface area contributed by atoms with Gasteiger partial charge >= 0.3 is 0 Å². The van der Waals surface area contributed by atoms with Crippen molar-refractivity contribution >= 4 is 5.91 Å². The summed E-state index contributed by atoms with van der Waals surface area (Å²) in [6.07, 6.45) is 5.80. The van der Waals surface area contributed by atoms with Crippen LogP contribution < -0.4 is 0 Å². The molecule has 0 radical (unpaired) electrons. The van der Waals surface area contributed by atoms with Gasteiger partial charge in [-0.25, -0.2) is 4.39 Å². The number of benzene rings is 1. The standard InChI is InChI=1S/C23H30FN3O/c1-18(2)22-17-27(23(28)11-8-19-5-3-12-25-15-19)14-4-13-26(22)16-20-6-9-21(24)10-7-20/h3,5-7,9-10,12,15,18,22H,4,8,11,13-14,16-17H2,1-2H3. The zero-order chi connectivity index (χ0) is 19.9. The van der Waals surface area contributed by atoms with Gasteiger partial charge in [0.15, 0.2) is 0 Å². The summed E-state index contributed by atoms with van der Waals surface area (Å²) >= 11 is 0. The van der Waals surface area contributed by atoms with Gasteiger partial charge in [0.1, 0.15) is 5.82 Å². The Balaban J connectivity index is 1.62. The molecular weight excluding hydrogens is 353 g/mol. The molecule has 2 aromatic rings. The summed E-state index contributed by atoms with van der Waals surface area (Å²) < 4.78 is 13.2. The lowest BCUT2D eigenvalue weighted by molar-refractivity contribution is -0.131. The monoisotopic (exact) mass is 383 g/mol. The van der Waals surface area contributed by atoms with Crippen molar-refractivity contribution in [1.29, 1.82) is 0 Å². The molecule has 2 heterocycles. The Morgan fingerprint density at radius 3 is 2.64 bits per heavy atom. The van der Waals surface area contributed by atoms with Crippen molar-refractivity contribution in [2.45, 2.75) is 45.7 Å². The van der Waals surface area contributed by atoms with E-state index in [0.717, 1.165) is 50.1 Å². The van der Waals surface area contributed by atoms with Crippen molar-refractivity contribution < 1.29 is 9.18 Å². The quantitative estimate of drug-likeness (QED) is 0.759. The number of rotatable bonds is 6. The highest BCUT2D eigenvalue weighted by Gasteiger charge is 2.29. The van der Waals surface area contributed by atoms with E-state index in [-0.39, 0.29) is 11.7 Å². The fourth-order valence-electron chi connectivity index (χ4n) is 3.90. The molecule has 0 aliphatic carbocycles. The largest absolute Gasteiger partial charge is 0.341 e. The molecule has 0 spiro atoms. The molecule has 1 saturated heterocycles. The van der Waals surface area contributed by atoms with Crippen LogP contribution in [-0.4, -0.2) is 46.4 Å². The minimum Gasteiger partial charge on any atom is -0.341 e. The first-order valence-corrected chi connectivity index (χ1v) is 10.2. The van der Waals surface area contributed by atoms with Gasteiger partial charge in [0.25, 0.3) is 0 Å². The van der Waals surface area contributed by atoms with Crippen LogP contribution in [0.4, 0.5) is 4.39 Å². The van der Waals surface area contributed by atoms with E-state index in [4.69, 9.17) is 0 Å². The molecule has 5 heteroatoms. The van der Waals surface area contributed by atoms with Gasteiger partial charge in [0.05, 0.1) is 0 Å². The van der Waals surface area contributed by atoms with Crippen LogP contribution in [-0.2, 0) is 17.8 Å². The van der Waals surface area contributed by atoms with Gasteiger partial charge in [-0.05, 0) is 48.1 Å². The Bertz CT molecular complexity index is 748. The van der Waals surface area contributed by atoms with Crippen LogP contribution in [0.25, 0.3) is 0 Å². The first-order valence-electron chi connectivity index (χ1n) is 10.2. The zero-order valence-electron chi connectivity index (χ0n) is 16.9. The highest BCUT2D eigenvalue weighted by molar-refractivity contribution is 5.76. The molecule has 1 aliphatic heterocycles. The summed E-state index contributed by atoms with van der Waals surface area (Å²) in [6.45, 7) is 7.73. The molecule has 4 nitrogen and oxygen atoms in total. The van der Waals surface area contributed by atoms with E-state index in [1.54, 1.807) is 6.20 Å². The third-order valence-electron chi connectivity index (χ3n) is 5.52. The number of aryl methyl sites for hydroxylation is 1. The number of carbonyl (C=O) groups is 1. The first kappa shape index (κ1) is 20.5. The number of amides is 1. The predicted molar refractivity (Wildman–Crippen MR) is 109 cm³/mol. The number of nitrogens with zero attached hydrogens (tertiary/aromatic N) is 3. The molecule has 1 aromatic heterocycles. The molecule has 1 unspecified atom stereocenters. The second-order valence-electron chi connectivity index (χ2n) is 7.96. The van der Waals surface area contributed by atoms with Crippen LogP contribution in [0.15, 0.2) is 48.8 Å². The molecule has 0 bridgehead atoms. The van der Waals surface area contributed by atoms with E-state index in [2.05, 4.69) is 23.7 Å². The smallest absolute Gasteiger partial charge is 0.222 e. The summed E-state index contributed by atoms with van der Waals surface area (Å²) in [4.78, 5) is 21.4. The fourth-order valence-corrected chi connectivity index (χ4v) is 3.90. The van der Waals surface area contributed by atoms with Gasteiger partial charge in [0.2, 0.25) is 5.91 Å². The Morgan fingerprint density at radius 1 is 1.18 bits per heavy atom. The molecular formula is C23H30FN3O.